The van der Waals surface area contributed by atoms with Gasteiger partial charge in [-0.2, -0.15) is 0 Å². The predicted octanol–water partition coefficient (Wildman–Crippen LogP) is 2.75. The van der Waals surface area contributed by atoms with E-state index in [0.717, 1.165) is 12.5 Å². The van der Waals surface area contributed by atoms with E-state index in [0.29, 0.717) is 6.04 Å². The van der Waals surface area contributed by atoms with Gasteiger partial charge < -0.3 is 5.32 Å². The molecule has 1 saturated carbocycles. The Kier molecular flexibility index (Phi) is 3.67. The Labute approximate surface area is 110 Å². The maximum absolute atomic E-state index is 3.42. The first-order valence-corrected chi connectivity index (χ1v) is 7.33. The van der Waals surface area contributed by atoms with Crippen molar-refractivity contribution >= 4 is 0 Å². The van der Waals surface area contributed by atoms with Crippen LogP contribution in [0.2, 0.25) is 0 Å². The smallest absolute Gasteiger partial charge is 0.0234 e. The molecule has 1 aromatic rings. The first-order valence-electron chi connectivity index (χ1n) is 7.33. The van der Waals surface area contributed by atoms with Crippen LogP contribution in [-0.4, -0.2) is 31.1 Å². The van der Waals surface area contributed by atoms with E-state index in [1.54, 1.807) is 5.56 Å². The number of piperidine rings is 1. The number of hydrogen-bond donors (Lipinski definition) is 1. The molecule has 1 N–H and O–H groups in total. The summed E-state index contributed by atoms with van der Waals surface area (Å²) in [5.41, 5.74) is 3.06. The summed E-state index contributed by atoms with van der Waals surface area (Å²) in [5.74, 6) is 0.872. The van der Waals surface area contributed by atoms with Gasteiger partial charge in [0.05, 0.1) is 0 Å². The average Bonchev–Trinajstić information content (AvgIpc) is 3.24. The Bertz CT molecular complexity index is 398. The fraction of sp³-hybridized carbons (Fsp3) is 0.625. The predicted molar refractivity (Wildman–Crippen MR) is 75.8 cm³/mol. The minimum Gasteiger partial charge on any atom is -0.316 e. The highest BCUT2D eigenvalue weighted by Crippen LogP contribution is 2.40. The minimum atomic E-state index is 0.686. The van der Waals surface area contributed by atoms with Crippen molar-refractivity contribution in [1.82, 2.24) is 10.2 Å². The molecule has 18 heavy (non-hydrogen) atoms. The maximum atomic E-state index is 3.42. The first kappa shape index (κ1) is 12.2. The molecule has 0 spiro atoms. The first-order chi connectivity index (χ1) is 8.85. The molecular weight excluding hydrogens is 220 g/mol. The summed E-state index contributed by atoms with van der Waals surface area (Å²) in [5, 5.41) is 3.42. The molecule has 2 aliphatic rings. The van der Waals surface area contributed by atoms with Crippen molar-refractivity contribution in [2.75, 3.05) is 20.1 Å². The molecule has 2 heteroatoms. The van der Waals surface area contributed by atoms with Crippen molar-refractivity contribution in [1.29, 1.82) is 0 Å². The van der Waals surface area contributed by atoms with Crippen LogP contribution in [-0.2, 0) is 6.54 Å². The van der Waals surface area contributed by atoms with Crippen molar-refractivity contribution in [3.05, 3.63) is 35.4 Å². The number of benzene rings is 1. The Morgan fingerprint density at radius 3 is 2.94 bits per heavy atom. The zero-order valence-corrected chi connectivity index (χ0v) is 11.4. The van der Waals surface area contributed by atoms with E-state index < -0.39 is 0 Å². The van der Waals surface area contributed by atoms with Gasteiger partial charge in [0.1, 0.15) is 0 Å². The van der Waals surface area contributed by atoms with Gasteiger partial charge in [0.15, 0.2) is 0 Å². The van der Waals surface area contributed by atoms with Gasteiger partial charge in [-0.05, 0) is 56.3 Å². The van der Waals surface area contributed by atoms with Gasteiger partial charge in [-0.25, -0.2) is 0 Å². The van der Waals surface area contributed by atoms with Crippen molar-refractivity contribution < 1.29 is 0 Å². The van der Waals surface area contributed by atoms with Crippen molar-refractivity contribution in [3.8, 4) is 0 Å². The van der Waals surface area contributed by atoms with E-state index in [1.165, 1.54) is 44.3 Å². The summed E-state index contributed by atoms with van der Waals surface area (Å²) in [6, 6.07) is 9.94. The van der Waals surface area contributed by atoms with Crippen LogP contribution in [0, 0.1) is 0 Å². The van der Waals surface area contributed by atoms with Gasteiger partial charge >= 0.3 is 0 Å². The normalized spacial score (nSPS) is 25.3. The Morgan fingerprint density at radius 1 is 1.28 bits per heavy atom. The van der Waals surface area contributed by atoms with Crippen LogP contribution in [0.1, 0.15) is 42.7 Å². The molecule has 0 aromatic heterocycles. The molecule has 98 valence electrons. The lowest BCUT2D eigenvalue weighted by Gasteiger charge is -2.32. The Morgan fingerprint density at radius 2 is 2.17 bits per heavy atom. The van der Waals surface area contributed by atoms with Crippen molar-refractivity contribution in [2.24, 2.45) is 0 Å². The third kappa shape index (κ3) is 2.93. The van der Waals surface area contributed by atoms with Crippen LogP contribution in [0.25, 0.3) is 0 Å². The number of nitrogens with one attached hydrogen (secondary N) is 1. The zero-order chi connectivity index (χ0) is 12.4. The highest BCUT2D eigenvalue weighted by atomic mass is 15.2. The molecule has 0 radical (unpaired) electrons. The topological polar surface area (TPSA) is 15.3 Å². The highest BCUT2D eigenvalue weighted by Gasteiger charge is 2.24. The molecule has 1 atom stereocenters. The number of likely N-dealkylation sites (N-methyl/N-ethyl adjacent to an activating group) is 1. The van der Waals surface area contributed by atoms with E-state index in [1.807, 2.05) is 0 Å². The van der Waals surface area contributed by atoms with Crippen molar-refractivity contribution in [2.45, 2.75) is 44.2 Å². The largest absolute Gasteiger partial charge is 0.316 e. The van der Waals surface area contributed by atoms with Crippen molar-refractivity contribution in [3.63, 3.8) is 0 Å². The fourth-order valence-corrected chi connectivity index (χ4v) is 3.06. The summed E-state index contributed by atoms with van der Waals surface area (Å²) in [4.78, 5) is 2.59. The van der Waals surface area contributed by atoms with Crippen LogP contribution in [0.3, 0.4) is 0 Å². The molecule has 1 aliphatic heterocycles. The molecule has 0 bridgehead atoms. The summed E-state index contributed by atoms with van der Waals surface area (Å²) >= 11 is 0. The van der Waals surface area contributed by atoms with E-state index in [-0.39, 0.29) is 0 Å². The van der Waals surface area contributed by atoms with E-state index in [4.69, 9.17) is 0 Å². The van der Waals surface area contributed by atoms with Crippen LogP contribution in [0.5, 0.6) is 0 Å². The number of rotatable bonds is 4. The molecule has 0 amide bonds. The molecule has 2 fully saturated rings. The molecule has 3 rings (SSSR count). The third-order valence-electron chi connectivity index (χ3n) is 4.32. The van der Waals surface area contributed by atoms with Gasteiger partial charge in [0.2, 0.25) is 0 Å². The summed E-state index contributed by atoms with van der Waals surface area (Å²) in [6.07, 6.45) is 5.45. The highest BCUT2D eigenvalue weighted by molar-refractivity contribution is 5.29. The number of likely N-dealkylation sites (tertiary alicyclic amines) is 1. The molecule has 2 nitrogen and oxygen atoms in total. The summed E-state index contributed by atoms with van der Waals surface area (Å²) < 4.78 is 0. The summed E-state index contributed by atoms with van der Waals surface area (Å²) in [6.45, 7) is 3.58. The SMILES string of the molecule is CNC1CCCN(Cc2cccc(C3CC3)c2)C1. The molecule has 1 aliphatic carbocycles. The van der Waals surface area contributed by atoms with E-state index in [9.17, 15) is 0 Å². The lowest BCUT2D eigenvalue weighted by Crippen LogP contribution is -2.43. The maximum Gasteiger partial charge on any atom is 0.0234 e. The van der Waals surface area contributed by atoms with Gasteiger partial charge in [-0.1, -0.05) is 24.3 Å². The van der Waals surface area contributed by atoms with Gasteiger partial charge in [-0.3, -0.25) is 4.90 Å². The molecule has 1 aromatic carbocycles. The fourth-order valence-electron chi connectivity index (χ4n) is 3.06. The molecule has 1 unspecified atom stereocenters. The van der Waals surface area contributed by atoms with Gasteiger partial charge in [-0.15, -0.1) is 0 Å². The lowest BCUT2D eigenvalue weighted by atomic mass is 10.0. The average molecular weight is 244 g/mol. The van der Waals surface area contributed by atoms with E-state index >= 15 is 0 Å². The van der Waals surface area contributed by atoms with Crippen LogP contribution < -0.4 is 5.32 Å². The monoisotopic (exact) mass is 244 g/mol. The standard InChI is InChI=1S/C16H24N2/c1-17-16-6-3-9-18(12-16)11-13-4-2-5-15(10-13)14-7-8-14/h2,4-5,10,14,16-17H,3,6-9,11-12H2,1H3. The second-order valence-corrected chi connectivity index (χ2v) is 5.88. The number of nitrogens with zero attached hydrogens (tertiary/aromatic N) is 1. The van der Waals surface area contributed by atoms with E-state index in [2.05, 4.69) is 41.5 Å². The van der Waals surface area contributed by atoms with Crippen LogP contribution >= 0.6 is 0 Å². The molecule has 1 heterocycles. The minimum absolute atomic E-state index is 0.686. The third-order valence-corrected chi connectivity index (χ3v) is 4.32. The molecule has 1 saturated heterocycles. The van der Waals surface area contributed by atoms with Gasteiger partial charge in [0.25, 0.3) is 0 Å². The van der Waals surface area contributed by atoms with Crippen LogP contribution in [0.4, 0.5) is 0 Å². The Hall–Kier alpha value is -0.860. The second kappa shape index (κ2) is 5.41. The lowest BCUT2D eigenvalue weighted by molar-refractivity contribution is 0.188. The van der Waals surface area contributed by atoms with Crippen LogP contribution in [0.15, 0.2) is 24.3 Å². The Balaban J connectivity index is 1.62. The second-order valence-electron chi connectivity index (χ2n) is 5.88. The number of hydrogen-bond acceptors (Lipinski definition) is 2. The quantitative estimate of drug-likeness (QED) is 0.876. The zero-order valence-electron chi connectivity index (χ0n) is 11.4. The van der Waals surface area contributed by atoms with Gasteiger partial charge in [0, 0.05) is 19.1 Å². The summed E-state index contributed by atoms with van der Waals surface area (Å²) in [7, 11) is 2.09. The molecular formula is C16H24N2.